The van der Waals surface area contributed by atoms with Gasteiger partial charge in [-0.1, -0.05) is 94.9 Å². The normalized spacial score (nSPS) is 12.3. The highest BCUT2D eigenvalue weighted by atomic mass is 35.6. The summed E-state index contributed by atoms with van der Waals surface area (Å²) >= 11 is 29.6. The molecule has 0 aromatic heterocycles. The highest BCUT2D eigenvalue weighted by molar-refractivity contribution is 7.80. The van der Waals surface area contributed by atoms with Gasteiger partial charge in [0.05, 0.1) is 10.6 Å². The molecule has 3 N–H and O–H groups in total. The molecule has 0 saturated heterocycles. The van der Waals surface area contributed by atoms with Gasteiger partial charge in [-0.2, -0.15) is 0 Å². The first-order valence-corrected chi connectivity index (χ1v) is 10.3. The molecule has 9 heteroatoms. The van der Waals surface area contributed by atoms with Gasteiger partial charge in [-0.25, -0.2) is 0 Å². The van der Waals surface area contributed by atoms with Crippen molar-refractivity contribution in [3.8, 4) is 0 Å². The molecule has 3 aromatic rings. The number of thiocarbonyl (C=S) groups is 1. The molecule has 0 heterocycles. The number of alkyl halides is 3. The minimum absolute atomic E-state index is 0.178. The van der Waals surface area contributed by atoms with E-state index < -0.39 is 15.9 Å². The van der Waals surface area contributed by atoms with Gasteiger partial charge >= 0.3 is 0 Å². The summed E-state index contributed by atoms with van der Waals surface area (Å²) in [5.74, 6) is -0.507. The van der Waals surface area contributed by atoms with Crippen molar-refractivity contribution in [2.24, 2.45) is 0 Å². The first kappa shape index (κ1) is 21.9. The molecular formula is C20H15Cl4N3OS. The van der Waals surface area contributed by atoms with Crippen LogP contribution in [0, 0.1) is 0 Å². The van der Waals surface area contributed by atoms with Crippen LogP contribution in [0.5, 0.6) is 0 Å². The molecular weight excluding hydrogens is 472 g/mol. The van der Waals surface area contributed by atoms with Crippen molar-refractivity contribution in [3.05, 3.63) is 77.3 Å². The Hall–Kier alpha value is -1.76. The van der Waals surface area contributed by atoms with Crippen LogP contribution >= 0.6 is 58.6 Å². The van der Waals surface area contributed by atoms with Crippen molar-refractivity contribution in [1.82, 2.24) is 10.6 Å². The standard InChI is InChI=1S/C20H15Cl4N3OS/c21-15-10-4-3-9-14(15)17(28)26-18(20(22,23)24)27-19(29)25-16-11-5-7-12-6-1-2-8-13(12)16/h1-11,18H,(H,26,28)(H2,25,27,29). The van der Waals surface area contributed by atoms with Gasteiger partial charge < -0.3 is 16.0 Å². The fourth-order valence-corrected chi connectivity index (χ4v) is 3.45. The minimum Gasteiger partial charge on any atom is -0.339 e. The van der Waals surface area contributed by atoms with Crippen LogP contribution in [0.25, 0.3) is 10.8 Å². The predicted octanol–water partition coefficient (Wildman–Crippen LogP) is 5.91. The van der Waals surface area contributed by atoms with Crippen LogP contribution in [0.1, 0.15) is 10.4 Å². The van der Waals surface area contributed by atoms with Gasteiger partial charge in [-0.15, -0.1) is 0 Å². The number of rotatable bonds is 4. The van der Waals surface area contributed by atoms with Gasteiger partial charge in [-0.3, -0.25) is 4.79 Å². The second kappa shape index (κ2) is 9.37. The third-order valence-electron chi connectivity index (χ3n) is 4.03. The van der Waals surface area contributed by atoms with Crippen LogP contribution in [-0.4, -0.2) is 21.0 Å². The summed E-state index contributed by atoms with van der Waals surface area (Å²) in [6, 6.07) is 20.2. The summed E-state index contributed by atoms with van der Waals surface area (Å²) in [5, 5.41) is 11.0. The van der Waals surface area contributed by atoms with Crippen LogP contribution in [0.4, 0.5) is 5.69 Å². The molecule has 0 aliphatic heterocycles. The largest absolute Gasteiger partial charge is 0.339 e. The van der Waals surface area contributed by atoms with E-state index in [1.807, 2.05) is 42.5 Å². The average Bonchev–Trinajstić information content (AvgIpc) is 2.67. The van der Waals surface area contributed by atoms with Gasteiger partial charge in [0.1, 0.15) is 6.17 Å². The van der Waals surface area contributed by atoms with Crippen molar-refractivity contribution < 1.29 is 4.79 Å². The molecule has 1 unspecified atom stereocenters. The number of fused-ring (bicyclic) bond motifs is 1. The molecule has 3 rings (SSSR count). The fourth-order valence-electron chi connectivity index (χ4n) is 2.68. The average molecular weight is 487 g/mol. The molecule has 0 radical (unpaired) electrons. The zero-order valence-corrected chi connectivity index (χ0v) is 18.6. The number of hydrogen-bond acceptors (Lipinski definition) is 2. The Balaban J connectivity index is 1.76. The number of carbonyl (C=O) groups is 1. The summed E-state index contributed by atoms with van der Waals surface area (Å²) in [6.45, 7) is 0. The van der Waals surface area contributed by atoms with E-state index in [0.717, 1.165) is 16.5 Å². The third-order valence-corrected chi connectivity index (χ3v) is 5.24. The van der Waals surface area contributed by atoms with Gasteiger partial charge in [0.2, 0.25) is 3.79 Å². The molecule has 0 aliphatic rings. The van der Waals surface area contributed by atoms with E-state index in [-0.39, 0.29) is 15.7 Å². The van der Waals surface area contributed by atoms with Gasteiger partial charge in [0, 0.05) is 11.1 Å². The fraction of sp³-hybridized carbons (Fsp3) is 0.100. The lowest BCUT2D eigenvalue weighted by atomic mass is 10.1. The van der Waals surface area contributed by atoms with E-state index in [9.17, 15) is 4.79 Å². The Morgan fingerprint density at radius 1 is 0.897 bits per heavy atom. The molecule has 1 atom stereocenters. The van der Waals surface area contributed by atoms with Gasteiger partial charge in [-0.05, 0) is 35.8 Å². The molecule has 0 spiro atoms. The first-order valence-electron chi connectivity index (χ1n) is 8.43. The van der Waals surface area contributed by atoms with Gasteiger partial charge in [0.15, 0.2) is 5.11 Å². The highest BCUT2D eigenvalue weighted by Gasteiger charge is 2.35. The number of amides is 1. The summed E-state index contributed by atoms with van der Waals surface area (Å²) in [7, 11) is 0. The van der Waals surface area contributed by atoms with Crippen molar-refractivity contribution in [3.63, 3.8) is 0 Å². The first-order chi connectivity index (χ1) is 13.8. The predicted molar refractivity (Wildman–Crippen MR) is 126 cm³/mol. The van der Waals surface area contributed by atoms with Crippen LogP contribution in [0.2, 0.25) is 5.02 Å². The Morgan fingerprint density at radius 3 is 2.28 bits per heavy atom. The van der Waals surface area contributed by atoms with Crippen molar-refractivity contribution >= 4 is 86.1 Å². The maximum Gasteiger partial charge on any atom is 0.254 e. The molecule has 4 nitrogen and oxygen atoms in total. The van der Waals surface area contributed by atoms with E-state index in [1.165, 1.54) is 0 Å². The van der Waals surface area contributed by atoms with Crippen LogP contribution in [-0.2, 0) is 0 Å². The van der Waals surface area contributed by atoms with E-state index in [0.29, 0.717) is 0 Å². The number of anilines is 1. The van der Waals surface area contributed by atoms with Crippen LogP contribution < -0.4 is 16.0 Å². The lowest BCUT2D eigenvalue weighted by molar-refractivity contribution is 0.0934. The molecule has 0 fully saturated rings. The Morgan fingerprint density at radius 2 is 1.55 bits per heavy atom. The number of hydrogen-bond donors (Lipinski definition) is 3. The van der Waals surface area contributed by atoms with Crippen LogP contribution in [0.3, 0.4) is 0 Å². The molecule has 0 bridgehead atoms. The number of carbonyl (C=O) groups excluding carboxylic acids is 1. The second-order valence-corrected chi connectivity index (χ2v) is 9.24. The van der Waals surface area contributed by atoms with Crippen molar-refractivity contribution in [2.75, 3.05) is 5.32 Å². The molecule has 0 aliphatic carbocycles. The number of nitrogens with one attached hydrogen (secondary N) is 3. The molecule has 0 saturated carbocycles. The smallest absolute Gasteiger partial charge is 0.254 e. The molecule has 1 amide bonds. The van der Waals surface area contributed by atoms with E-state index in [4.69, 9.17) is 58.6 Å². The van der Waals surface area contributed by atoms with E-state index in [1.54, 1.807) is 24.3 Å². The summed E-state index contributed by atoms with van der Waals surface area (Å²) in [4.78, 5) is 12.6. The number of benzene rings is 3. The third kappa shape index (κ3) is 5.65. The Bertz CT molecular complexity index is 1050. The van der Waals surface area contributed by atoms with E-state index in [2.05, 4.69) is 16.0 Å². The highest BCUT2D eigenvalue weighted by Crippen LogP contribution is 2.30. The van der Waals surface area contributed by atoms with Gasteiger partial charge in [0.25, 0.3) is 5.91 Å². The molecule has 150 valence electrons. The maximum atomic E-state index is 12.6. The minimum atomic E-state index is -1.87. The lowest BCUT2D eigenvalue weighted by Gasteiger charge is -2.28. The van der Waals surface area contributed by atoms with Crippen molar-refractivity contribution in [2.45, 2.75) is 9.96 Å². The number of halogens is 4. The monoisotopic (exact) mass is 485 g/mol. The van der Waals surface area contributed by atoms with E-state index >= 15 is 0 Å². The quantitative estimate of drug-likeness (QED) is 0.244. The Kier molecular flexibility index (Phi) is 7.09. The SMILES string of the molecule is O=C(NC(NC(=S)Nc1cccc2ccccc12)C(Cl)(Cl)Cl)c1ccccc1Cl. The van der Waals surface area contributed by atoms with Crippen LogP contribution in [0.15, 0.2) is 66.7 Å². The Labute approximate surface area is 193 Å². The summed E-state index contributed by atoms with van der Waals surface area (Å²) < 4.78 is -1.87. The lowest BCUT2D eigenvalue weighted by Crippen LogP contribution is -2.56. The molecule has 29 heavy (non-hydrogen) atoms. The summed E-state index contributed by atoms with van der Waals surface area (Å²) in [6.07, 6.45) is -1.11. The summed E-state index contributed by atoms with van der Waals surface area (Å²) in [5.41, 5.74) is 1.03. The molecule has 3 aromatic carbocycles. The zero-order valence-electron chi connectivity index (χ0n) is 14.8. The van der Waals surface area contributed by atoms with Crippen molar-refractivity contribution in [1.29, 1.82) is 0 Å². The topological polar surface area (TPSA) is 53.2 Å². The zero-order chi connectivity index (χ0) is 21.0. The maximum absolute atomic E-state index is 12.6. The second-order valence-electron chi connectivity index (χ2n) is 6.05.